The summed E-state index contributed by atoms with van der Waals surface area (Å²) in [7, 11) is 3.97. The second kappa shape index (κ2) is 7.28. The molecule has 3 heteroatoms. The van der Waals surface area contributed by atoms with E-state index in [0.29, 0.717) is 11.5 Å². The minimum absolute atomic E-state index is 0.373. The third-order valence-electron chi connectivity index (χ3n) is 4.89. The molecule has 1 heterocycles. The average Bonchev–Trinajstić information content (AvgIpc) is 2.51. The highest BCUT2D eigenvalue weighted by Gasteiger charge is 2.29. The third kappa shape index (κ3) is 4.21. The molecule has 0 bridgehead atoms. The lowest BCUT2D eigenvalue weighted by molar-refractivity contribution is 0.133. The zero-order chi connectivity index (χ0) is 15.3. The van der Waals surface area contributed by atoms with Crippen molar-refractivity contribution in [1.29, 1.82) is 0 Å². The number of benzene rings is 1. The van der Waals surface area contributed by atoms with Crippen LogP contribution in [0.5, 0.6) is 5.75 Å². The summed E-state index contributed by atoms with van der Waals surface area (Å²) in [6, 6.07) is 8.73. The molecule has 1 N–H and O–H groups in total. The Kier molecular flexibility index (Phi) is 5.65. The Morgan fingerprint density at radius 2 is 1.95 bits per heavy atom. The molecule has 21 heavy (non-hydrogen) atoms. The van der Waals surface area contributed by atoms with Crippen molar-refractivity contribution >= 4 is 0 Å². The van der Waals surface area contributed by atoms with Gasteiger partial charge in [-0.25, -0.2) is 0 Å². The van der Waals surface area contributed by atoms with Crippen molar-refractivity contribution < 1.29 is 4.74 Å². The van der Waals surface area contributed by atoms with Crippen LogP contribution in [0.2, 0.25) is 0 Å². The Balaban J connectivity index is 1.99. The maximum Gasteiger partial charge on any atom is 0.123 e. The Labute approximate surface area is 129 Å². The summed E-state index contributed by atoms with van der Waals surface area (Å²) in [5, 5.41) is 3.79. The number of para-hydroxylation sites is 1. The predicted molar refractivity (Wildman–Crippen MR) is 88.9 cm³/mol. The lowest BCUT2D eigenvalue weighted by atomic mass is 9.80. The van der Waals surface area contributed by atoms with E-state index in [1.165, 1.54) is 31.5 Å². The number of nitrogens with zero attached hydrogens (tertiary/aromatic N) is 1. The Hall–Kier alpha value is -1.06. The topological polar surface area (TPSA) is 24.5 Å². The largest absolute Gasteiger partial charge is 0.496 e. The third-order valence-corrected chi connectivity index (χ3v) is 4.89. The highest BCUT2D eigenvalue weighted by atomic mass is 16.5. The Bertz CT molecular complexity index is 439. The number of hydrogen-bond donors (Lipinski definition) is 1. The van der Waals surface area contributed by atoms with Gasteiger partial charge in [-0.1, -0.05) is 32.0 Å². The Morgan fingerprint density at radius 3 is 2.57 bits per heavy atom. The molecule has 1 atom stereocenters. The molecule has 1 saturated heterocycles. The highest BCUT2D eigenvalue weighted by Crippen LogP contribution is 2.32. The molecule has 0 aliphatic carbocycles. The Morgan fingerprint density at radius 1 is 1.29 bits per heavy atom. The van der Waals surface area contributed by atoms with E-state index in [1.807, 2.05) is 6.07 Å². The van der Waals surface area contributed by atoms with Crippen LogP contribution in [0.3, 0.4) is 0 Å². The number of rotatable bonds is 6. The van der Waals surface area contributed by atoms with E-state index >= 15 is 0 Å². The van der Waals surface area contributed by atoms with Crippen LogP contribution in [0.25, 0.3) is 0 Å². The van der Waals surface area contributed by atoms with E-state index in [-0.39, 0.29) is 0 Å². The van der Waals surface area contributed by atoms with E-state index in [1.54, 1.807) is 7.11 Å². The van der Waals surface area contributed by atoms with Crippen molar-refractivity contribution in [3.05, 3.63) is 29.8 Å². The molecular weight excluding hydrogens is 260 g/mol. The predicted octanol–water partition coefficient (Wildman–Crippen LogP) is 3.47. The van der Waals surface area contributed by atoms with Gasteiger partial charge in [0.25, 0.3) is 0 Å². The standard InChI is InChI=1S/C18H30N2O/c1-5-16(15-8-6-7-9-17(15)21-4)19-14-18(2)10-12-20(3)13-11-18/h6-9,16,19H,5,10-14H2,1-4H3. The van der Waals surface area contributed by atoms with E-state index in [4.69, 9.17) is 4.74 Å². The second-order valence-electron chi connectivity index (χ2n) is 6.70. The minimum Gasteiger partial charge on any atom is -0.496 e. The molecule has 2 rings (SSSR count). The van der Waals surface area contributed by atoms with Crippen molar-refractivity contribution in [3.8, 4) is 5.75 Å². The van der Waals surface area contributed by atoms with Gasteiger partial charge in [0.1, 0.15) is 5.75 Å². The molecule has 1 aliphatic heterocycles. The second-order valence-corrected chi connectivity index (χ2v) is 6.70. The average molecular weight is 290 g/mol. The van der Waals surface area contributed by atoms with Crippen molar-refractivity contribution in [1.82, 2.24) is 10.2 Å². The van der Waals surface area contributed by atoms with Crippen LogP contribution in [-0.4, -0.2) is 38.7 Å². The number of hydrogen-bond acceptors (Lipinski definition) is 3. The van der Waals surface area contributed by atoms with Gasteiger partial charge in [0.2, 0.25) is 0 Å². The molecule has 0 saturated carbocycles. The van der Waals surface area contributed by atoms with Crippen molar-refractivity contribution in [2.24, 2.45) is 5.41 Å². The summed E-state index contributed by atoms with van der Waals surface area (Å²) in [4.78, 5) is 2.43. The molecule has 1 aliphatic rings. The molecule has 0 radical (unpaired) electrons. The first-order chi connectivity index (χ1) is 10.1. The van der Waals surface area contributed by atoms with Crippen LogP contribution in [-0.2, 0) is 0 Å². The van der Waals surface area contributed by atoms with Crippen molar-refractivity contribution in [2.75, 3.05) is 33.8 Å². The van der Waals surface area contributed by atoms with Gasteiger partial charge < -0.3 is 15.0 Å². The van der Waals surface area contributed by atoms with Crippen molar-refractivity contribution in [2.45, 2.75) is 39.2 Å². The molecule has 0 spiro atoms. The fraction of sp³-hybridized carbons (Fsp3) is 0.667. The molecule has 1 aromatic carbocycles. The number of likely N-dealkylation sites (tertiary alicyclic amines) is 1. The fourth-order valence-electron chi connectivity index (χ4n) is 3.13. The molecule has 0 aromatic heterocycles. The molecule has 1 unspecified atom stereocenters. The van der Waals surface area contributed by atoms with E-state index in [0.717, 1.165) is 18.7 Å². The van der Waals surface area contributed by atoms with Gasteiger partial charge in [0, 0.05) is 18.2 Å². The van der Waals surface area contributed by atoms with Gasteiger partial charge in [-0.15, -0.1) is 0 Å². The van der Waals surface area contributed by atoms with E-state index < -0.39 is 0 Å². The number of piperidine rings is 1. The molecule has 1 aromatic rings. The van der Waals surface area contributed by atoms with Crippen LogP contribution in [0.1, 0.15) is 44.7 Å². The van der Waals surface area contributed by atoms with Crippen LogP contribution in [0.15, 0.2) is 24.3 Å². The maximum absolute atomic E-state index is 5.51. The molecule has 3 nitrogen and oxygen atoms in total. The first-order valence-electron chi connectivity index (χ1n) is 8.13. The summed E-state index contributed by atoms with van der Waals surface area (Å²) in [6.45, 7) is 8.16. The quantitative estimate of drug-likeness (QED) is 0.868. The lowest BCUT2D eigenvalue weighted by Crippen LogP contribution is -2.42. The molecule has 1 fully saturated rings. The molecular formula is C18H30N2O. The zero-order valence-electron chi connectivity index (χ0n) is 14.0. The number of ether oxygens (including phenoxy) is 1. The minimum atomic E-state index is 0.373. The summed E-state index contributed by atoms with van der Waals surface area (Å²) >= 11 is 0. The summed E-state index contributed by atoms with van der Waals surface area (Å²) in [6.07, 6.45) is 3.63. The van der Waals surface area contributed by atoms with Crippen LogP contribution < -0.4 is 10.1 Å². The van der Waals surface area contributed by atoms with Crippen LogP contribution >= 0.6 is 0 Å². The zero-order valence-corrected chi connectivity index (χ0v) is 14.0. The summed E-state index contributed by atoms with van der Waals surface area (Å²) in [5.74, 6) is 0.991. The SMILES string of the molecule is CCC(NCC1(C)CCN(C)CC1)c1ccccc1OC. The fourth-order valence-corrected chi connectivity index (χ4v) is 3.13. The van der Waals surface area contributed by atoms with E-state index in [9.17, 15) is 0 Å². The first kappa shape index (κ1) is 16.3. The maximum atomic E-state index is 5.51. The summed E-state index contributed by atoms with van der Waals surface area (Å²) < 4.78 is 5.51. The van der Waals surface area contributed by atoms with E-state index in [2.05, 4.69) is 49.3 Å². The first-order valence-corrected chi connectivity index (χ1v) is 8.13. The summed E-state index contributed by atoms with van der Waals surface area (Å²) in [5.41, 5.74) is 1.70. The van der Waals surface area contributed by atoms with Gasteiger partial charge in [0.05, 0.1) is 7.11 Å². The highest BCUT2D eigenvalue weighted by molar-refractivity contribution is 5.35. The molecule has 0 amide bonds. The number of methoxy groups -OCH3 is 1. The monoisotopic (exact) mass is 290 g/mol. The van der Waals surface area contributed by atoms with Crippen molar-refractivity contribution in [3.63, 3.8) is 0 Å². The van der Waals surface area contributed by atoms with Gasteiger partial charge in [-0.3, -0.25) is 0 Å². The van der Waals surface area contributed by atoms with Gasteiger partial charge in [-0.05, 0) is 50.9 Å². The van der Waals surface area contributed by atoms with Gasteiger partial charge >= 0.3 is 0 Å². The normalized spacial score (nSPS) is 20.2. The lowest BCUT2D eigenvalue weighted by Gasteiger charge is -2.39. The number of nitrogens with one attached hydrogen (secondary N) is 1. The van der Waals surface area contributed by atoms with Crippen LogP contribution in [0, 0.1) is 5.41 Å². The molecule has 118 valence electrons. The smallest absolute Gasteiger partial charge is 0.123 e. The van der Waals surface area contributed by atoms with Gasteiger partial charge in [-0.2, -0.15) is 0 Å². The van der Waals surface area contributed by atoms with Crippen LogP contribution in [0.4, 0.5) is 0 Å². The van der Waals surface area contributed by atoms with Gasteiger partial charge in [0.15, 0.2) is 0 Å².